The number of carbonyl (C=O) groups is 8. The van der Waals surface area contributed by atoms with E-state index in [1.54, 1.807) is 14.7 Å². The molecule has 0 aliphatic carbocycles. The summed E-state index contributed by atoms with van der Waals surface area (Å²) in [4.78, 5) is 98.8. The summed E-state index contributed by atoms with van der Waals surface area (Å²) >= 11 is 0. The minimum atomic E-state index is -1.28. The van der Waals surface area contributed by atoms with Gasteiger partial charge in [-0.25, -0.2) is 5.90 Å². The number of nitrogens with two attached hydrogens (primary N) is 1. The van der Waals surface area contributed by atoms with E-state index in [0.717, 1.165) is 7.11 Å². The number of carboxylic acid groups (broad SMARTS) is 4. The lowest BCUT2D eigenvalue weighted by Gasteiger charge is -2.40. The average molecular weight is 740 g/mol. The molecule has 0 aromatic heterocycles. The van der Waals surface area contributed by atoms with Crippen LogP contribution in [-0.4, -0.2) is 197 Å². The Morgan fingerprint density at radius 1 is 0.608 bits per heavy atom. The fourth-order valence-corrected chi connectivity index (χ4v) is 5.63. The molecule has 4 atom stereocenters. The number of aldehydes is 1. The van der Waals surface area contributed by atoms with Crippen LogP contribution in [0, 0.1) is 0 Å². The summed E-state index contributed by atoms with van der Waals surface area (Å²) in [5.41, 5.74) is 0. The van der Waals surface area contributed by atoms with Crippen LogP contribution in [0.25, 0.3) is 0 Å². The minimum Gasteiger partial charge on any atom is -0.481 e. The highest BCUT2D eigenvalue weighted by Gasteiger charge is 2.34. The predicted molar refractivity (Wildman–Crippen MR) is 175 cm³/mol. The van der Waals surface area contributed by atoms with E-state index >= 15 is 0 Å². The summed E-state index contributed by atoms with van der Waals surface area (Å²) < 4.78 is 9.93. The zero-order chi connectivity index (χ0) is 39.5. The van der Waals surface area contributed by atoms with Gasteiger partial charge in [-0.3, -0.25) is 48.4 Å². The van der Waals surface area contributed by atoms with Crippen LogP contribution in [0.2, 0.25) is 0 Å². The molecule has 1 fully saturated rings. The summed E-state index contributed by atoms with van der Waals surface area (Å²) in [6.07, 6.45) is -1.00. The molecule has 0 amide bonds. The molecule has 21 heteroatoms. The van der Waals surface area contributed by atoms with Crippen LogP contribution >= 0.6 is 0 Å². The normalized spacial score (nSPS) is 17.5. The number of hydrogen-bond acceptors (Lipinski definition) is 17. The van der Waals surface area contributed by atoms with Crippen molar-refractivity contribution in [1.29, 1.82) is 0 Å². The smallest absolute Gasteiger partial charge is 0.323 e. The van der Waals surface area contributed by atoms with Crippen molar-refractivity contribution in [2.75, 3.05) is 73.2 Å². The number of aliphatic carboxylic acids is 4. The second kappa shape index (κ2) is 28.6. The predicted octanol–water partition coefficient (Wildman–Crippen LogP) is -2.56. The maximum Gasteiger partial charge on any atom is 0.323 e. The van der Waals surface area contributed by atoms with Gasteiger partial charge in [0.05, 0.1) is 20.3 Å². The minimum absolute atomic E-state index is 0.00365. The number of carbonyl (C=O) groups excluding carboxylic acids is 4. The van der Waals surface area contributed by atoms with Gasteiger partial charge in [0.2, 0.25) is 0 Å². The van der Waals surface area contributed by atoms with Crippen molar-refractivity contribution in [3.05, 3.63) is 0 Å². The molecule has 8 N–H and O–H groups in total. The van der Waals surface area contributed by atoms with Gasteiger partial charge >= 0.3 is 35.8 Å². The number of carboxylic acids is 4. The SMILES string of the molecule is C=O.COC(=O)C(CCC(=O)O)N1CCN(C(C=O)CCC(=O)O)CCN(C(CCC(=O)O)C(=O)O)CCN(C(CCO)C(=O)OC)CC1.NO. The number of nitrogens with zero attached hydrogens (tertiary/aromatic N) is 4. The van der Waals surface area contributed by atoms with Crippen LogP contribution in [-0.2, 0) is 47.8 Å². The molecule has 1 rings (SSSR count). The number of ether oxygens (including phenoxy) is 2. The summed E-state index contributed by atoms with van der Waals surface area (Å²) in [5.74, 6) is -2.62. The number of aliphatic hydroxyl groups is 1. The Hall–Kier alpha value is -4.12. The standard InChI is InChI=1S/C29H48N4O14.CH2O.H3NO/c1-46-28(44)22(5-8-26(40)41)32-13-11-30(20(19-35)3-6-24(36)37)10-12-31(21(27(42)43)4-7-25(38)39)14-15-33(17-16-32)23(9-18-34)29(45)47-2;2*1-2/h19-23,34H,3-18H2,1-2H3,(H,36,37)(H,38,39)(H,40,41)(H,42,43);1H2;2H,1H2. The first-order valence-corrected chi connectivity index (χ1v) is 15.9. The van der Waals surface area contributed by atoms with Gasteiger partial charge in [-0.15, -0.1) is 0 Å². The van der Waals surface area contributed by atoms with Crippen LogP contribution in [0.15, 0.2) is 0 Å². The van der Waals surface area contributed by atoms with Crippen molar-refractivity contribution < 1.29 is 78.6 Å². The van der Waals surface area contributed by atoms with E-state index < -0.39 is 66.4 Å². The molecule has 0 radical (unpaired) electrons. The fourth-order valence-electron chi connectivity index (χ4n) is 5.63. The van der Waals surface area contributed by atoms with E-state index in [2.05, 4.69) is 5.90 Å². The largest absolute Gasteiger partial charge is 0.481 e. The van der Waals surface area contributed by atoms with Crippen molar-refractivity contribution in [1.82, 2.24) is 19.6 Å². The molecule has 1 heterocycles. The molecule has 1 saturated heterocycles. The molecule has 0 saturated carbocycles. The van der Waals surface area contributed by atoms with E-state index in [1.807, 2.05) is 6.79 Å². The molecule has 0 spiro atoms. The lowest BCUT2D eigenvalue weighted by molar-refractivity contribution is -0.151. The van der Waals surface area contributed by atoms with E-state index in [-0.39, 0.29) is 97.5 Å². The number of aliphatic hydroxyl groups excluding tert-OH is 1. The zero-order valence-electron chi connectivity index (χ0n) is 29.0. The molecule has 0 aromatic carbocycles. The third kappa shape index (κ3) is 19.2. The number of hydrogen-bond donors (Lipinski definition) is 7. The Kier molecular flexibility index (Phi) is 27.4. The maximum atomic E-state index is 12.9. The van der Waals surface area contributed by atoms with Crippen molar-refractivity contribution in [3.8, 4) is 0 Å². The highest BCUT2D eigenvalue weighted by Crippen LogP contribution is 2.17. The molecular formula is C30H53N5O16. The first-order chi connectivity index (χ1) is 24.3. The Bertz CT molecular complexity index is 1080. The fraction of sp³-hybridized carbons (Fsp3) is 0.733. The van der Waals surface area contributed by atoms with Crippen molar-refractivity contribution in [3.63, 3.8) is 0 Å². The van der Waals surface area contributed by atoms with Gasteiger partial charge in [-0.1, -0.05) is 0 Å². The Morgan fingerprint density at radius 3 is 1.24 bits per heavy atom. The second-order valence-electron chi connectivity index (χ2n) is 11.1. The van der Waals surface area contributed by atoms with Crippen molar-refractivity contribution in [2.24, 2.45) is 5.90 Å². The van der Waals surface area contributed by atoms with Crippen LogP contribution in [0.3, 0.4) is 0 Å². The molecular weight excluding hydrogens is 686 g/mol. The number of rotatable bonds is 19. The first-order valence-electron chi connectivity index (χ1n) is 15.9. The number of esters is 2. The van der Waals surface area contributed by atoms with Gasteiger partial charge in [0.15, 0.2) is 0 Å². The van der Waals surface area contributed by atoms with Crippen molar-refractivity contribution >= 4 is 48.9 Å². The quantitative estimate of drug-likeness (QED) is 0.0407. The monoisotopic (exact) mass is 739 g/mol. The lowest BCUT2D eigenvalue weighted by atomic mass is 10.1. The molecule has 1 aliphatic rings. The van der Waals surface area contributed by atoms with Crippen LogP contribution in [0.1, 0.15) is 44.9 Å². The summed E-state index contributed by atoms with van der Waals surface area (Å²) in [5, 5.41) is 54.1. The second-order valence-corrected chi connectivity index (χ2v) is 11.1. The first kappa shape index (κ1) is 49.0. The van der Waals surface area contributed by atoms with E-state index in [9.17, 15) is 59.1 Å². The van der Waals surface area contributed by atoms with Crippen LogP contribution < -0.4 is 5.90 Å². The highest BCUT2D eigenvalue weighted by atomic mass is 16.5. The molecule has 0 aromatic rings. The topological polar surface area (TPSA) is 315 Å². The van der Waals surface area contributed by atoms with E-state index in [1.165, 1.54) is 12.0 Å². The molecule has 1 aliphatic heterocycles. The van der Waals surface area contributed by atoms with Gasteiger partial charge in [-0.2, -0.15) is 0 Å². The summed E-state index contributed by atoms with van der Waals surface area (Å²) in [7, 11) is 2.33. The molecule has 294 valence electrons. The Morgan fingerprint density at radius 2 is 0.922 bits per heavy atom. The Labute approximate surface area is 295 Å². The average Bonchev–Trinajstić information content (AvgIpc) is 3.10. The van der Waals surface area contributed by atoms with Gasteiger partial charge in [0, 0.05) is 78.2 Å². The van der Waals surface area contributed by atoms with Crippen molar-refractivity contribution in [2.45, 2.75) is 69.1 Å². The molecule has 51 heavy (non-hydrogen) atoms. The maximum absolute atomic E-state index is 12.9. The van der Waals surface area contributed by atoms with Gasteiger partial charge in [0.1, 0.15) is 31.2 Å². The third-order valence-corrected chi connectivity index (χ3v) is 8.20. The summed E-state index contributed by atoms with van der Waals surface area (Å²) in [6, 6.07) is -4.16. The van der Waals surface area contributed by atoms with E-state index in [0.29, 0.717) is 6.29 Å². The zero-order valence-corrected chi connectivity index (χ0v) is 29.0. The lowest BCUT2D eigenvalue weighted by Crippen LogP contribution is -2.56. The Balaban J connectivity index is 0. The highest BCUT2D eigenvalue weighted by molar-refractivity contribution is 5.77. The van der Waals surface area contributed by atoms with Crippen LogP contribution in [0.4, 0.5) is 0 Å². The molecule has 0 bridgehead atoms. The van der Waals surface area contributed by atoms with Gasteiger partial charge in [0.25, 0.3) is 0 Å². The van der Waals surface area contributed by atoms with Gasteiger partial charge in [-0.05, 0) is 25.7 Å². The third-order valence-electron chi connectivity index (χ3n) is 8.20. The van der Waals surface area contributed by atoms with Gasteiger partial charge < -0.3 is 49.8 Å². The van der Waals surface area contributed by atoms with E-state index in [4.69, 9.17) is 19.5 Å². The van der Waals surface area contributed by atoms with Crippen LogP contribution in [0.5, 0.6) is 0 Å². The molecule has 4 unspecified atom stereocenters. The number of methoxy groups -OCH3 is 2. The summed E-state index contributed by atoms with van der Waals surface area (Å²) in [6.45, 7) is 1.97. The molecule has 21 nitrogen and oxygen atoms in total.